The summed E-state index contributed by atoms with van der Waals surface area (Å²) in [6.45, 7) is 2.54. The van der Waals surface area contributed by atoms with E-state index in [0.717, 1.165) is 10.2 Å². The topological polar surface area (TPSA) is 80.0 Å². The number of carbonyl (C=O) groups is 1. The summed E-state index contributed by atoms with van der Waals surface area (Å²) in [5.74, 6) is 0.675. The molecular formula is C17H16BrN7O. The maximum Gasteiger partial charge on any atom is 0.255 e. The molecule has 1 saturated heterocycles. The number of pyridine rings is 1. The van der Waals surface area contributed by atoms with E-state index in [1.807, 2.05) is 35.2 Å². The Bertz CT molecular complexity index is 906. The second kappa shape index (κ2) is 7.20. The standard InChI is InChI=1S/C17H16BrN7O/c18-14-10-13(11-19-12-14)16(26)23-6-8-24(9-7-23)17-20-21-22-25(17)15-4-2-1-3-5-15/h1-5,10-12H,6-9H2. The molecule has 1 aromatic carbocycles. The summed E-state index contributed by atoms with van der Waals surface area (Å²) in [4.78, 5) is 20.6. The molecule has 26 heavy (non-hydrogen) atoms. The van der Waals surface area contributed by atoms with Gasteiger partial charge in [0.1, 0.15) is 0 Å². The number of para-hydroxylation sites is 1. The van der Waals surface area contributed by atoms with Gasteiger partial charge in [-0.05, 0) is 44.6 Å². The average Bonchev–Trinajstić information content (AvgIpc) is 3.18. The van der Waals surface area contributed by atoms with Gasteiger partial charge in [0.2, 0.25) is 5.95 Å². The number of rotatable bonds is 3. The van der Waals surface area contributed by atoms with E-state index in [1.165, 1.54) is 0 Å². The number of anilines is 1. The van der Waals surface area contributed by atoms with E-state index in [0.29, 0.717) is 37.7 Å². The van der Waals surface area contributed by atoms with Gasteiger partial charge in [-0.15, -0.1) is 0 Å². The summed E-state index contributed by atoms with van der Waals surface area (Å²) < 4.78 is 2.51. The van der Waals surface area contributed by atoms with E-state index >= 15 is 0 Å². The molecule has 0 saturated carbocycles. The Labute approximate surface area is 158 Å². The van der Waals surface area contributed by atoms with E-state index in [1.54, 1.807) is 23.1 Å². The van der Waals surface area contributed by atoms with E-state index < -0.39 is 0 Å². The Morgan fingerprint density at radius 3 is 2.54 bits per heavy atom. The summed E-state index contributed by atoms with van der Waals surface area (Å²) >= 11 is 3.35. The molecule has 0 atom stereocenters. The number of carbonyl (C=O) groups excluding carboxylic acids is 1. The molecule has 4 rings (SSSR count). The van der Waals surface area contributed by atoms with Crippen LogP contribution >= 0.6 is 15.9 Å². The summed E-state index contributed by atoms with van der Waals surface area (Å²) in [6.07, 6.45) is 3.26. The van der Waals surface area contributed by atoms with Crippen LogP contribution in [0.1, 0.15) is 10.4 Å². The van der Waals surface area contributed by atoms with Gasteiger partial charge < -0.3 is 9.80 Å². The van der Waals surface area contributed by atoms with Gasteiger partial charge in [-0.1, -0.05) is 23.3 Å². The largest absolute Gasteiger partial charge is 0.336 e. The summed E-state index contributed by atoms with van der Waals surface area (Å²) in [5, 5.41) is 12.1. The zero-order valence-corrected chi connectivity index (χ0v) is 15.4. The van der Waals surface area contributed by atoms with Gasteiger partial charge >= 0.3 is 0 Å². The second-order valence-corrected chi connectivity index (χ2v) is 6.81. The molecule has 8 nitrogen and oxygen atoms in total. The molecule has 132 valence electrons. The molecule has 3 heterocycles. The molecule has 0 N–H and O–H groups in total. The highest BCUT2D eigenvalue weighted by Gasteiger charge is 2.25. The molecule has 1 fully saturated rings. The van der Waals surface area contributed by atoms with Crippen molar-refractivity contribution in [3.8, 4) is 5.69 Å². The van der Waals surface area contributed by atoms with Gasteiger partial charge in [-0.25, -0.2) is 0 Å². The van der Waals surface area contributed by atoms with Crippen LogP contribution in [0.4, 0.5) is 5.95 Å². The third kappa shape index (κ3) is 3.30. The molecule has 0 unspecified atom stereocenters. The van der Waals surface area contributed by atoms with Crippen molar-refractivity contribution < 1.29 is 4.79 Å². The van der Waals surface area contributed by atoms with E-state index in [4.69, 9.17) is 0 Å². The predicted octanol–water partition coefficient (Wildman–Crippen LogP) is 1.78. The first-order valence-electron chi connectivity index (χ1n) is 8.21. The fraction of sp³-hybridized carbons (Fsp3) is 0.235. The van der Waals surface area contributed by atoms with Crippen molar-refractivity contribution in [2.75, 3.05) is 31.1 Å². The van der Waals surface area contributed by atoms with Crippen molar-refractivity contribution in [2.24, 2.45) is 0 Å². The highest BCUT2D eigenvalue weighted by atomic mass is 79.9. The van der Waals surface area contributed by atoms with Gasteiger partial charge in [0.05, 0.1) is 11.3 Å². The van der Waals surface area contributed by atoms with Crippen LogP contribution in [-0.4, -0.2) is 62.2 Å². The van der Waals surface area contributed by atoms with E-state index in [-0.39, 0.29) is 5.91 Å². The number of hydrogen-bond donors (Lipinski definition) is 0. The molecule has 9 heteroatoms. The van der Waals surface area contributed by atoms with Crippen LogP contribution < -0.4 is 4.90 Å². The maximum absolute atomic E-state index is 12.6. The molecule has 0 aliphatic carbocycles. The Morgan fingerprint density at radius 2 is 1.81 bits per heavy atom. The number of hydrogen-bond acceptors (Lipinski definition) is 6. The molecule has 1 aliphatic rings. The van der Waals surface area contributed by atoms with Gasteiger partial charge in [0.25, 0.3) is 5.91 Å². The zero-order valence-electron chi connectivity index (χ0n) is 13.9. The summed E-state index contributed by atoms with van der Waals surface area (Å²) in [5.41, 5.74) is 1.49. The smallest absolute Gasteiger partial charge is 0.255 e. The molecule has 0 radical (unpaired) electrons. The first-order valence-corrected chi connectivity index (χ1v) is 9.00. The number of aromatic nitrogens is 5. The lowest BCUT2D eigenvalue weighted by atomic mass is 10.2. The molecule has 1 amide bonds. The van der Waals surface area contributed by atoms with Crippen molar-refractivity contribution >= 4 is 27.8 Å². The molecule has 1 aliphatic heterocycles. The highest BCUT2D eigenvalue weighted by Crippen LogP contribution is 2.18. The number of halogens is 1. The van der Waals surface area contributed by atoms with Gasteiger partial charge in [-0.2, -0.15) is 4.68 Å². The minimum absolute atomic E-state index is 0.0129. The fourth-order valence-corrected chi connectivity index (χ4v) is 3.30. The average molecular weight is 414 g/mol. The lowest BCUT2D eigenvalue weighted by Gasteiger charge is -2.34. The Kier molecular flexibility index (Phi) is 4.61. The van der Waals surface area contributed by atoms with Gasteiger partial charge in [0.15, 0.2) is 0 Å². The third-order valence-corrected chi connectivity index (χ3v) is 4.69. The number of tetrazole rings is 1. The molecule has 3 aromatic rings. The number of benzene rings is 1. The third-order valence-electron chi connectivity index (χ3n) is 4.26. The predicted molar refractivity (Wildman–Crippen MR) is 99.2 cm³/mol. The second-order valence-electron chi connectivity index (χ2n) is 5.90. The Morgan fingerprint density at radius 1 is 1.04 bits per heavy atom. The van der Waals surface area contributed by atoms with Crippen molar-refractivity contribution in [2.45, 2.75) is 0 Å². The first-order chi connectivity index (χ1) is 12.7. The molecule has 2 aromatic heterocycles. The molecule has 0 spiro atoms. The Hall–Kier alpha value is -2.81. The first kappa shape index (κ1) is 16.6. The van der Waals surface area contributed by atoms with Gasteiger partial charge in [0, 0.05) is 43.0 Å². The highest BCUT2D eigenvalue weighted by molar-refractivity contribution is 9.10. The monoisotopic (exact) mass is 413 g/mol. The van der Waals surface area contributed by atoms with Crippen LogP contribution in [0.3, 0.4) is 0 Å². The van der Waals surface area contributed by atoms with Crippen LogP contribution in [0.15, 0.2) is 53.3 Å². The van der Waals surface area contributed by atoms with Crippen LogP contribution in [0.25, 0.3) is 5.69 Å². The molecular weight excluding hydrogens is 398 g/mol. The van der Waals surface area contributed by atoms with E-state index in [2.05, 4.69) is 41.3 Å². The number of amides is 1. The van der Waals surface area contributed by atoms with Gasteiger partial charge in [-0.3, -0.25) is 9.78 Å². The summed E-state index contributed by atoms with van der Waals surface area (Å²) in [7, 11) is 0. The van der Waals surface area contributed by atoms with Crippen LogP contribution in [0, 0.1) is 0 Å². The number of piperazine rings is 1. The zero-order chi connectivity index (χ0) is 17.9. The quantitative estimate of drug-likeness (QED) is 0.650. The minimum Gasteiger partial charge on any atom is -0.336 e. The maximum atomic E-state index is 12.6. The van der Waals surface area contributed by atoms with Crippen molar-refractivity contribution in [3.05, 3.63) is 58.8 Å². The fourth-order valence-electron chi connectivity index (χ4n) is 2.94. The minimum atomic E-state index is -0.0129. The Balaban J connectivity index is 1.46. The van der Waals surface area contributed by atoms with Crippen molar-refractivity contribution in [1.82, 2.24) is 30.1 Å². The number of nitrogens with zero attached hydrogens (tertiary/aromatic N) is 7. The van der Waals surface area contributed by atoms with Crippen molar-refractivity contribution in [1.29, 1.82) is 0 Å². The van der Waals surface area contributed by atoms with Crippen molar-refractivity contribution in [3.63, 3.8) is 0 Å². The van der Waals surface area contributed by atoms with Crippen LogP contribution in [-0.2, 0) is 0 Å². The molecule has 0 bridgehead atoms. The van der Waals surface area contributed by atoms with Crippen LogP contribution in [0.2, 0.25) is 0 Å². The summed E-state index contributed by atoms with van der Waals surface area (Å²) in [6, 6.07) is 11.6. The van der Waals surface area contributed by atoms with Crippen LogP contribution in [0.5, 0.6) is 0 Å². The lowest BCUT2D eigenvalue weighted by Crippen LogP contribution is -2.49. The lowest BCUT2D eigenvalue weighted by molar-refractivity contribution is 0.0745. The normalized spacial score (nSPS) is 14.5. The van der Waals surface area contributed by atoms with E-state index in [9.17, 15) is 4.79 Å². The SMILES string of the molecule is O=C(c1cncc(Br)c1)N1CCN(c2nnnn2-c2ccccc2)CC1.